The summed E-state index contributed by atoms with van der Waals surface area (Å²) < 4.78 is 14.4. The number of hydrogen-bond donors (Lipinski definition) is 1. The number of carboxylic acids is 1. The number of aliphatic carboxylic acids is 1. The van der Waals surface area contributed by atoms with Crippen molar-refractivity contribution in [3.8, 4) is 0 Å². The number of hydrogen-bond acceptors (Lipinski definition) is 1. The van der Waals surface area contributed by atoms with Crippen LogP contribution in [-0.4, -0.2) is 16.7 Å². The zero-order valence-corrected chi connectivity index (χ0v) is 9.14. The van der Waals surface area contributed by atoms with Crippen molar-refractivity contribution in [1.82, 2.24) is 0 Å². The highest BCUT2D eigenvalue weighted by molar-refractivity contribution is 5.75. The van der Waals surface area contributed by atoms with E-state index in [2.05, 4.69) is 0 Å². The first-order valence-electron chi connectivity index (χ1n) is 5.22. The number of rotatable bonds is 3. The molecule has 1 atom stereocenters. The van der Waals surface area contributed by atoms with Gasteiger partial charge in [0.15, 0.2) is 0 Å². The summed E-state index contributed by atoms with van der Waals surface area (Å²) in [6.45, 7) is 4.40. The minimum absolute atomic E-state index is 0.0893. The third-order valence-electron chi connectivity index (χ3n) is 3.88. The first-order chi connectivity index (χ1) is 6.30. The number of alkyl halides is 1. The number of halogens is 1. The minimum atomic E-state index is -1.60. The Morgan fingerprint density at radius 3 is 2.07 bits per heavy atom. The fraction of sp³-hybridized carbons (Fsp3) is 0.909. The van der Waals surface area contributed by atoms with E-state index in [1.165, 1.54) is 20.8 Å². The van der Waals surface area contributed by atoms with E-state index in [-0.39, 0.29) is 5.92 Å². The molecule has 3 heteroatoms. The number of carboxylic acid groups (broad SMARTS) is 1. The van der Waals surface area contributed by atoms with Gasteiger partial charge in [0.1, 0.15) is 5.67 Å². The molecular formula is C11H19FO2. The van der Waals surface area contributed by atoms with E-state index >= 15 is 0 Å². The summed E-state index contributed by atoms with van der Waals surface area (Å²) in [5, 5.41) is 9.00. The van der Waals surface area contributed by atoms with Crippen LogP contribution in [0.15, 0.2) is 0 Å². The molecule has 0 bridgehead atoms. The molecule has 0 aromatic rings. The van der Waals surface area contributed by atoms with Gasteiger partial charge >= 0.3 is 5.97 Å². The van der Waals surface area contributed by atoms with Gasteiger partial charge in [-0.15, -0.1) is 0 Å². The third kappa shape index (κ3) is 1.64. The van der Waals surface area contributed by atoms with E-state index in [1.54, 1.807) is 0 Å². The van der Waals surface area contributed by atoms with Crippen molar-refractivity contribution in [3.63, 3.8) is 0 Å². The summed E-state index contributed by atoms with van der Waals surface area (Å²) in [6, 6.07) is 0. The van der Waals surface area contributed by atoms with Gasteiger partial charge in [0.2, 0.25) is 0 Å². The van der Waals surface area contributed by atoms with Gasteiger partial charge in [0, 0.05) is 0 Å². The lowest BCUT2D eigenvalue weighted by atomic mass is 9.69. The fourth-order valence-electron chi connectivity index (χ4n) is 2.19. The Labute approximate surface area is 84.5 Å². The monoisotopic (exact) mass is 202 g/mol. The van der Waals surface area contributed by atoms with Crippen molar-refractivity contribution >= 4 is 5.97 Å². The SMILES string of the molecule is CC(C)(C(=O)O)C(C)(F)C1CCCC1. The van der Waals surface area contributed by atoms with Crippen molar-refractivity contribution in [3.05, 3.63) is 0 Å². The van der Waals surface area contributed by atoms with Crippen LogP contribution in [0.4, 0.5) is 4.39 Å². The Bertz CT molecular complexity index is 227. The highest BCUT2D eigenvalue weighted by Gasteiger charge is 2.52. The second-order valence-corrected chi connectivity index (χ2v) is 4.99. The maximum atomic E-state index is 14.4. The Hall–Kier alpha value is -0.600. The summed E-state index contributed by atoms with van der Waals surface area (Å²) in [5.41, 5.74) is -2.89. The summed E-state index contributed by atoms with van der Waals surface area (Å²) >= 11 is 0. The van der Waals surface area contributed by atoms with Crippen molar-refractivity contribution in [2.24, 2.45) is 11.3 Å². The van der Waals surface area contributed by atoms with Gasteiger partial charge < -0.3 is 5.11 Å². The molecule has 1 aliphatic carbocycles. The van der Waals surface area contributed by atoms with E-state index in [1.807, 2.05) is 0 Å². The zero-order valence-electron chi connectivity index (χ0n) is 9.14. The van der Waals surface area contributed by atoms with Crippen LogP contribution in [0.25, 0.3) is 0 Å². The fourth-order valence-corrected chi connectivity index (χ4v) is 2.19. The van der Waals surface area contributed by atoms with Crippen LogP contribution >= 0.6 is 0 Å². The first kappa shape index (κ1) is 11.5. The zero-order chi connectivity index (χ0) is 11.0. The normalized spacial score (nSPS) is 23.4. The molecule has 0 heterocycles. The standard InChI is InChI=1S/C11H19FO2/c1-10(2,9(13)14)11(3,12)8-6-4-5-7-8/h8H,4-7H2,1-3H3,(H,13,14). The van der Waals surface area contributed by atoms with E-state index in [4.69, 9.17) is 5.11 Å². The lowest BCUT2D eigenvalue weighted by Crippen LogP contribution is -2.48. The highest BCUT2D eigenvalue weighted by atomic mass is 19.1. The molecule has 82 valence electrons. The average Bonchev–Trinajstić information content (AvgIpc) is 2.55. The largest absolute Gasteiger partial charge is 0.481 e. The Kier molecular flexibility index (Phi) is 2.88. The topological polar surface area (TPSA) is 37.3 Å². The van der Waals surface area contributed by atoms with Gasteiger partial charge in [-0.25, -0.2) is 4.39 Å². The molecule has 0 radical (unpaired) electrons. The van der Waals surface area contributed by atoms with Gasteiger partial charge in [-0.05, 0) is 39.5 Å². The first-order valence-corrected chi connectivity index (χ1v) is 5.22. The van der Waals surface area contributed by atoms with E-state index < -0.39 is 17.1 Å². The molecule has 0 spiro atoms. The van der Waals surface area contributed by atoms with Gasteiger partial charge in [0.25, 0.3) is 0 Å². The maximum Gasteiger partial charge on any atom is 0.312 e. The average molecular weight is 202 g/mol. The quantitative estimate of drug-likeness (QED) is 0.763. The molecule has 0 saturated heterocycles. The summed E-state index contributed by atoms with van der Waals surface area (Å²) in [7, 11) is 0. The molecular weight excluding hydrogens is 183 g/mol. The Morgan fingerprint density at radius 1 is 1.29 bits per heavy atom. The predicted octanol–water partition coefficient (Wildman–Crippen LogP) is 3.02. The van der Waals surface area contributed by atoms with Crippen LogP contribution in [0, 0.1) is 11.3 Å². The smallest absolute Gasteiger partial charge is 0.312 e. The molecule has 1 rings (SSSR count). The predicted molar refractivity (Wildman–Crippen MR) is 52.9 cm³/mol. The second-order valence-electron chi connectivity index (χ2n) is 4.99. The van der Waals surface area contributed by atoms with E-state index in [0.29, 0.717) is 0 Å². The van der Waals surface area contributed by atoms with Crippen molar-refractivity contribution in [2.75, 3.05) is 0 Å². The molecule has 1 aliphatic rings. The van der Waals surface area contributed by atoms with Crippen LogP contribution in [-0.2, 0) is 4.79 Å². The molecule has 1 N–H and O–H groups in total. The molecule has 1 saturated carbocycles. The minimum Gasteiger partial charge on any atom is -0.481 e. The lowest BCUT2D eigenvalue weighted by Gasteiger charge is -2.38. The maximum absolute atomic E-state index is 14.4. The molecule has 1 fully saturated rings. The van der Waals surface area contributed by atoms with Crippen LogP contribution in [0.1, 0.15) is 46.5 Å². The summed E-state index contributed by atoms with van der Waals surface area (Å²) in [5.74, 6) is -1.14. The van der Waals surface area contributed by atoms with Gasteiger partial charge in [-0.1, -0.05) is 12.8 Å². The molecule has 0 aliphatic heterocycles. The number of carbonyl (C=O) groups is 1. The van der Waals surface area contributed by atoms with Crippen LogP contribution < -0.4 is 0 Å². The van der Waals surface area contributed by atoms with Gasteiger partial charge in [-0.2, -0.15) is 0 Å². The molecule has 0 amide bonds. The highest BCUT2D eigenvalue weighted by Crippen LogP contribution is 2.46. The van der Waals surface area contributed by atoms with Gasteiger partial charge in [0.05, 0.1) is 5.41 Å². The Balaban J connectivity index is 2.86. The van der Waals surface area contributed by atoms with Crippen molar-refractivity contribution in [2.45, 2.75) is 52.1 Å². The summed E-state index contributed by atoms with van der Waals surface area (Å²) in [6.07, 6.45) is 3.70. The van der Waals surface area contributed by atoms with E-state index in [0.717, 1.165) is 25.7 Å². The molecule has 0 aromatic heterocycles. The van der Waals surface area contributed by atoms with Crippen molar-refractivity contribution in [1.29, 1.82) is 0 Å². The molecule has 1 unspecified atom stereocenters. The van der Waals surface area contributed by atoms with E-state index in [9.17, 15) is 9.18 Å². The molecule has 0 aromatic carbocycles. The summed E-state index contributed by atoms with van der Waals surface area (Å²) in [4.78, 5) is 11.0. The van der Waals surface area contributed by atoms with Crippen molar-refractivity contribution < 1.29 is 14.3 Å². The van der Waals surface area contributed by atoms with Crippen LogP contribution in [0.3, 0.4) is 0 Å². The van der Waals surface area contributed by atoms with Gasteiger partial charge in [-0.3, -0.25) is 4.79 Å². The molecule has 2 nitrogen and oxygen atoms in total. The van der Waals surface area contributed by atoms with Crippen LogP contribution in [0.5, 0.6) is 0 Å². The van der Waals surface area contributed by atoms with Crippen LogP contribution in [0.2, 0.25) is 0 Å². The Morgan fingerprint density at radius 2 is 1.71 bits per heavy atom. The lowest BCUT2D eigenvalue weighted by molar-refractivity contribution is -0.159. The second kappa shape index (κ2) is 3.52. The third-order valence-corrected chi connectivity index (χ3v) is 3.88. The molecule has 14 heavy (non-hydrogen) atoms.